The first kappa shape index (κ1) is 16.7. The Morgan fingerprint density at radius 3 is 2.73 bits per heavy atom. The summed E-state index contributed by atoms with van der Waals surface area (Å²) in [4.78, 5) is 6.42. The summed E-state index contributed by atoms with van der Waals surface area (Å²) in [6, 6.07) is 13.5. The van der Waals surface area contributed by atoms with Gasteiger partial charge in [0.25, 0.3) is 0 Å². The highest BCUT2D eigenvalue weighted by atomic mass is 35.5. The molecule has 132 valence electrons. The minimum atomic E-state index is 0.150. The Labute approximate surface area is 156 Å². The van der Waals surface area contributed by atoms with E-state index in [-0.39, 0.29) is 18.1 Å². The number of fused-ring (bicyclic) bond motifs is 1. The second-order valence-corrected chi connectivity index (χ2v) is 6.77. The van der Waals surface area contributed by atoms with Crippen molar-refractivity contribution in [3.05, 3.63) is 64.6 Å². The van der Waals surface area contributed by atoms with Gasteiger partial charge in [0.1, 0.15) is 17.4 Å². The van der Waals surface area contributed by atoms with Crippen molar-refractivity contribution in [2.45, 2.75) is 20.4 Å². The molecule has 0 amide bonds. The van der Waals surface area contributed by atoms with Gasteiger partial charge in [0.05, 0.1) is 23.2 Å². The molecular formula is C20H19ClN4O. The van der Waals surface area contributed by atoms with Crippen molar-refractivity contribution in [1.29, 1.82) is 5.41 Å². The van der Waals surface area contributed by atoms with E-state index >= 15 is 0 Å². The molecule has 2 N–H and O–H groups in total. The van der Waals surface area contributed by atoms with Crippen LogP contribution in [-0.2, 0) is 6.54 Å². The Hall–Kier alpha value is -2.79. The van der Waals surface area contributed by atoms with E-state index < -0.39 is 0 Å². The second kappa shape index (κ2) is 6.18. The molecule has 0 saturated heterocycles. The lowest BCUT2D eigenvalue weighted by Crippen LogP contribution is -2.26. The molecule has 6 heteroatoms. The van der Waals surface area contributed by atoms with E-state index in [9.17, 15) is 5.11 Å². The van der Waals surface area contributed by atoms with Crippen LogP contribution in [0.3, 0.4) is 0 Å². The van der Waals surface area contributed by atoms with E-state index in [0.717, 1.165) is 22.3 Å². The van der Waals surface area contributed by atoms with Crippen molar-refractivity contribution in [2.24, 2.45) is 0 Å². The standard InChI is InChI=1S/C20H19ClN4O/c1-3-24-16-7-5-4-6-15(16)23-20(24)18-17(26)11-25(19(18)22)13-9-8-12(2)14(21)10-13/h4-10,22,26H,3,11H2,1-2H3. The lowest BCUT2D eigenvalue weighted by Gasteiger charge is -2.19. The Bertz CT molecular complexity index is 1070. The van der Waals surface area contributed by atoms with Gasteiger partial charge in [0, 0.05) is 17.3 Å². The zero-order valence-corrected chi connectivity index (χ0v) is 15.4. The summed E-state index contributed by atoms with van der Waals surface area (Å²) in [5, 5.41) is 19.9. The first-order valence-corrected chi connectivity index (χ1v) is 8.89. The quantitative estimate of drug-likeness (QED) is 0.700. The number of hydrogen-bond acceptors (Lipinski definition) is 3. The first-order valence-electron chi connectivity index (χ1n) is 8.51. The van der Waals surface area contributed by atoms with Gasteiger partial charge in [-0.15, -0.1) is 0 Å². The summed E-state index contributed by atoms with van der Waals surface area (Å²) in [5.41, 5.74) is 4.08. The van der Waals surface area contributed by atoms with Gasteiger partial charge in [0.15, 0.2) is 0 Å². The molecule has 1 aliphatic rings. The zero-order valence-electron chi connectivity index (χ0n) is 14.6. The van der Waals surface area contributed by atoms with Gasteiger partial charge in [-0.05, 0) is 43.7 Å². The maximum Gasteiger partial charge on any atom is 0.148 e. The van der Waals surface area contributed by atoms with Crippen LogP contribution in [0.4, 0.5) is 5.69 Å². The molecule has 5 nitrogen and oxygen atoms in total. The number of aromatic nitrogens is 2. The third kappa shape index (κ3) is 2.47. The van der Waals surface area contributed by atoms with Crippen LogP contribution in [-0.4, -0.2) is 27.0 Å². The number of imidazole rings is 1. The van der Waals surface area contributed by atoms with Crippen molar-refractivity contribution in [1.82, 2.24) is 9.55 Å². The molecule has 0 unspecified atom stereocenters. The second-order valence-electron chi connectivity index (χ2n) is 6.36. The van der Waals surface area contributed by atoms with Gasteiger partial charge in [-0.3, -0.25) is 5.41 Å². The molecule has 0 radical (unpaired) electrons. The van der Waals surface area contributed by atoms with Crippen molar-refractivity contribution in [2.75, 3.05) is 11.4 Å². The van der Waals surface area contributed by atoms with Crippen LogP contribution < -0.4 is 4.90 Å². The lowest BCUT2D eigenvalue weighted by atomic mass is 10.2. The topological polar surface area (TPSA) is 65.1 Å². The van der Waals surface area contributed by atoms with Crippen LogP contribution in [0.1, 0.15) is 18.3 Å². The van der Waals surface area contributed by atoms with E-state index in [1.807, 2.05) is 60.9 Å². The summed E-state index contributed by atoms with van der Waals surface area (Å²) < 4.78 is 2.03. The van der Waals surface area contributed by atoms with E-state index in [4.69, 9.17) is 17.0 Å². The fourth-order valence-corrected chi connectivity index (χ4v) is 3.55. The maximum atomic E-state index is 10.6. The number of hydrogen-bond donors (Lipinski definition) is 2. The minimum absolute atomic E-state index is 0.150. The van der Waals surface area contributed by atoms with Gasteiger partial charge in [-0.1, -0.05) is 29.8 Å². The number of halogens is 1. The van der Waals surface area contributed by atoms with E-state index in [1.165, 1.54) is 0 Å². The molecular weight excluding hydrogens is 348 g/mol. The lowest BCUT2D eigenvalue weighted by molar-refractivity contribution is 0.411. The van der Waals surface area contributed by atoms with E-state index in [1.54, 1.807) is 4.90 Å². The third-order valence-electron chi connectivity index (χ3n) is 4.76. The van der Waals surface area contributed by atoms with Gasteiger partial charge < -0.3 is 14.6 Å². The number of aliphatic hydroxyl groups excluding tert-OH is 1. The summed E-state index contributed by atoms with van der Waals surface area (Å²) in [6.07, 6.45) is 0. The predicted molar refractivity (Wildman–Crippen MR) is 106 cm³/mol. The Kier molecular flexibility index (Phi) is 3.96. The normalized spacial score (nSPS) is 14.7. The SMILES string of the molecule is CCn1c(C2=C(O)CN(c3ccc(C)c(Cl)c3)C2=N)nc2ccccc21. The monoisotopic (exact) mass is 366 g/mol. The van der Waals surface area contributed by atoms with Crippen molar-refractivity contribution in [3.8, 4) is 0 Å². The fourth-order valence-electron chi connectivity index (χ4n) is 3.37. The Morgan fingerprint density at radius 1 is 1.23 bits per heavy atom. The molecule has 3 aromatic rings. The zero-order chi connectivity index (χ0) is 18.4. The molecule has 1 aromatic heterocycles. The number of aliphatic hydroxyl groups is 1. The van der Waals surface area contributed by atoms with Gasteiger partial charge >= 0.3 is 0 Å². The molecule has 0 spiro atoms. The maximum absolute atomic E-state index is 10.6. The molecule has 4 rings (SSSR count). The molecule has 0 saturated carbocycles. The molecule has 26 heavy (non-hydrogen) atoms. The van der Waals surface area contributed by atoms with Gasteiger partial charge in [0.2, 0.25) is 0 Å². The summed E-state index contributed by atoms with van der Waals surface area (Å²) in [6.45, 7) is 4.91. The largest absolute Gasteiger partial charge is 0.509 e. The highest BCUT2D eigenvalue weighted by Crippen LogP contribution is 2.33. The number of benzene rings is 2. The first-order chi connectivity index (χ1) is 12.5. The number of aryl methyl sites for hydroxylation is 2. The van der Waals surface area contributed by atoms with Crippen LogP contribution in [0.15, 0.2) is 48.2 Å². The highest BCUT2D eigenvalue weighted by molar-refractivity contribution is 6.33. The van der Waals surface area contributed by atoms with E-state index in [2.05, 4.69) is 4.98 Å². The van der Waals surface area contributed by atoms with E-state index in [0.29, 0.717) is 23.0 Å². The van der Waals surface area contributed by atoms with Crippen LogP contribution >= 0.6 is 11.6 Å². The number of nitrogens with zero attached hydrogens (tertiary/aromatic N) is 3. The molecule has 2 heterocycles. The molecule has 2 aromatic carbocycles. The molecule has 1 aliphatic heterocycles. The highest BCUT2D eigenvalue weighted by Gasteiger charge is 2.32. The molecule has 0 aliphatic carbocycles. The third-order valence-corrected chi connectivity index (χ3v) is 5.17. The predicted octanol–water partition coefficient (Wildman–Crippen LogP) is 4.78. The minimum Gasteiger partial charge on any atom is -0.509 e. The average Bonchev–Trinajstić information content (AvgIpc) is 3.13. The number of rotatable bonds is 3. The average molecular weight is 367 g/mol. The summed E-state index contributed by atoms with van der Waals surface area (Å²) in [5.74, 6) is 1.00. The molecule has 0 fully saturated rings. The summed E-state index contributed by atoms with van der Waals surface area (Å²) >= 11 is 6.24. The van der Waals surface area contributed by atoms with Crippen LogP contribution in [0.25, 0.3) is 16.6 Å². The van der Waals surface area contributed by atoms with Crippen molar-refractivity contribution in [3.63, 3.8) is 0 Å². The number of para-hydroxylation sites is 2. The van der Waals surface area contributed by atoms with Crippen LogP contribution in [0.5, 0.6) is 0 Å². The van der Waals surface area contributed by atoms with Crippen LogP contribution in [0, 0.1) is 12.3 Å². The number of anilines is 1. The Balaban J connectivity index is 1.79. The number of nitrogens with one attached hydrogen (secondary N) is 1. The smallest absolute Gasteiger partial charge is 0.148 e. The fraction of sp³-hybridized carbons (Fsp3) is 0.200. The summed E-state index contributed by atoms with van der Waals surface area (Å²) in [7, 11) is 0. The molecule has 0 bridgehead atoms. The van der Waals surface area contributed by atoms with Gasteiger partial charge in [-0.2, -0.15) is 0 Å². The van der Waals surface area contributed by atoms with Crippen molar-refractivity contribution < 1.29 is 5.11 Å². The Morgan fingerprint density at radius 2 is 2.00 bits per heavy atom. The number of amidine groups is 1. The molecule has 0 atom stereocenters. The van der Waals surface area contributed by atoms with Gasteiger partial charge in [-0.25, -0.2) is 4.98 Å². The van der Waals surface area contributed by atoms with Crippen molar-refractivity contribution >= 4 is 39.7 Å². The van der Waals surface area contributed by atoms with Crippen LogP contribution in [0.2, 0.25) is 5.02 Å².